The van der Waals surface area contributed by atoms with Gasteiger partial charge in [-0.3, -0.25) is 9.20 Å². The second kappa shape index (κ2) is 9.52. The fourth-order valence-corrected chi connectivity index (χ4v) is 5.46. The Kier molecular flexibility index (Phi) is 6.28. The largest absolute Gasteiger partial charge is 0.493 e. The average Bonchev–Trinajstić information content (AvgIpc) is 3.49. The Balaban J connectivity index is 1.43. The molecular formula is C28H26N2O4S. The van der Waals surface area contributed by atoms with Gasteiger partial charge < -0.3 is 14.6 Å². The molecule has 0 saturated heterocycles. The van der Waals surface area contributed by atoms with Gasteiger partial charge in [0.15, 0.2) is 17.3 Å². The molecule has 0 fully saturated rings. The van der Waals surface area contributed by atoms with Crippen molar-refractivity contribution in [3.8, 4) is 22.9 Å². The molecule has 0 saturated carbocycles. The fraction of sp³-hybridized carbons (Fsp3) is 0.214. The van der Waals surface area contributed by atoms with E-state index in [-0.39, 0.29) is 18.6 Å². The first-order valence-electron chi connectivity index (χ1n) is 11.4. The zero-order valence-corrected chi connectivity index (χ0v) is 20.6. The lowest BCUT2D eigenvalue weighted by molar-refractivity contribution is 0.0938. The van der Waals surface area contributed by atoms with Crippen LogP contribution in [-0.4, -0.2) is 34.5 Å². The molecule has 3 heterocycles. The van der Waals surface area contributed by atoms with Crippen molar-refractivity contribution in [1.29, 1.82) is 0 Å². The maximum absolute atomic E-state index is 12.9. The maximum Gasteiger partial charge on any atom is 0.163 e. The number of rotatable bonds is 8. The Morgan fingerprint density at radius 3 is 2.71 bits per heavy atom. The first kappa shape index (κ1) is 23.1. The number of aliphatic hydroxyl groups excluding tert-OH is 1. The van der Waals surface area contributed by atoms with Crippen LogP contribution >= 0.6 is 11.3 Å². The quantitative estimate of drug-likeness (QED) is 0.263. The summed E-state index contributed by atoms with van der Waals surface area (Å²) in [5, 5.41) is 14.4. The molecule has 1 atom stereocenters. The molecule has 1 N–H and O–H groups in total. The molecule has 178 valence electrons. The van der Waals surface area contributed by atoms with Crippen LogP contribution < -0.4 is 9.47 Å². The van der Waals surface area contributed by atoms with Crippen LogP contribution in [0.3, 0.4) is 0 Å². The van der Waals surface area contributed by atoms with Crippen molar-refractivity contribution in [2.75, 3.05) is 14.2 Å². The smallest absolute Gasteiger partial charge is 0.163 e. The number of carbonyl (C=O) groups excluding carboxylic acids is 1. The molecule has 6 nitrogen and oxygen atoms in total. The van der Waals surface area contributed by atoms with E-state index in [1.807, 2.05) is 28.8 Å². The SMILES string of the molecule is COc1ccc(C(=O)CCC(O)c2nc(-c3csc4c(C)cccc34)n3ccccc23)cc1OC. The summed E-state index contributed by atoms with van der Waals surface area (Å²) in [7, 11) is 3.09. The standard InChI is InChI=1S/C28H26N2O4S/c1-17-7-6-8-19-20(16-35-27(17)19)28-29-26(21-9-4-5-14-30(21)28)23(32)12-11-22(31)18-10-13-24(33-2)25(15-18)34-3/h4-10,13-16,23,32H,11-12H2,1-3H3. The van der Waals surface area contributed by atoms with Crippen LogP contribution in [-0.2, 0) is 0 Å². The molecule has 2 aromatic carbocycles. The van der Waals surface area contributed by atoms with Crippen molar-refractivity contribution in [1.82, 2.24) is 9.38 Å². The zero-order valence-electron chi connectivity index (χ0n) is 19.8. The van der Waals surface area contributed by atoms with Gasteiger partial charge in [-0.05, 0) is 49.2 Å². The van der Waals surface area contributed by atoms with Gasteiger partial charge in [-0.1, -0.05) is 24.3 Å². The molecule has 5 aromatic rings. The molecule has 35 heavy (non-hydrogen) atoms. The number of benzene rings is 2. The van der Waals surface area contributed by atoms with Crippen molar-refractivity contribution in [3.05, 3.63) is 83.0 Å². The number of imidazole rings is 1. The minimum absolute atomic E-state index is 0.0759. The normalized spacial score (nSPS) is 12.2. The molecule has 0 radical (unpaired) electrons. The van der Waals surface area contributed by atoms with E-state index in [9.17, 15) is 9.90 Å². The molecular weight excluding hydrogens is 460 g/mol. The van der Waals surface area contributed by atoms with E-state index in [0.29, 0.717) is 22.8 Å². The van der Waals surface area contributed by atoms with Crippen molar-refractivity contribution in [2.45, 2.75) is 25.9 Å². The van der Waals surface area contributed by atoms with Gasteiger partial charge in [0.05, 0.1) is 31.5 Å². The highest BCUT2D eigenvalue weighted by molar-refractivity contribution is 7.18. The summed E-state index contributed by atoms with van der Waals surface area (Å²) in [4.78, 5) is 17.7. The van der Waals surface area contributed by atoms with Crippen molar-refractivity contribution >= 4 is 32.7 Å². The van der Waals surface area contributed by atoms with Crippen molar-refractivity contribution in [3.63, 3.8) is 0 Å². The predicted molar refractivity (Wildman–Crippen MR) is 139 cm³/mol. The van der Waals surface area contributed by atoms with Gasteiger partial charge in [-0.2, -0.15) is 0 Å². The third-order valence-corrected chi connectivity index (χ3v) is 7.41. The lowest BCUT2D eigenvalue weighted by atomic mass is 10.0. The maximum atomic E-state index is 12.9. The molecule has 1 unspecified atom stereocenters. The third-order valence-electron chi connectivity index (χ3n) is 6.28. The first-order chi connectivity index (χ1) is 17.0. The van der Waals surface area contributed by atoms with E-state index >= 15 is 0 Å². The lowest BCUT2D eigenvalue weighted by Gasteiger charge is -2.10. The summed E-state index contributed by atoms with van der Waals surface area (Å²) in [6.07, 6.45) is 1.52. The molecule has 0 aliphatic heterocycles. The van der Waals surface area contributed by atoms with Crippen molar-refractivity contribution < 1.29 is 19.4 Å². The monoisotopic (exact) mass is 486 g/mol. The summed E-state index contributed by atoms with van der Waals surface area (Å²) in [6, 6.07) is 17.2. The van der Waals surface area contributed by atoms with Gasteiger partial charge in [-0.25, -0.2) is 4.98 Å². The first-order valence-corrected chi connectivity index (χ1v) is 12.3. The molecule has 7 heteroatoms. The number of aliphatic hydroxyl groups is 1. The van der Waals surface area contributed by atoms with E-state index in [0.717, 1.165) is 22.3 Å². The molecule has 0 amide bonds. The number of aryl methyl sites for hydroxylation is 1. The van der Waals surface area contributed by atoms with E-state index in [1.54, 1.807) is 36.6 Å². The Morgan fingerprint density at radius 2 is 1.91 bits per heavy atom. The van der Waals surface area contributed by atoms with Crippen LogP contribution in [0, 0.1) is 6.92 Å². The number of ether oxygens (including phenoxy) is 2. The molecule has 0 bridgehead atoms. The van der Waals surface area contributed by atoms with Crippen LogP contribution in [0.2, 0.25) is 0 Å². The molecule has 0 aliphatic carbocycles. The number of ketones is 1. The Bertz CT molecular complexity index is 1540. The van der Waals surface area contributed by atoms with Crippen LogP contribution in [0.15, 0.2) is 66.2 Å². The Hall–Kier alpha value is -3.68. The summed E-state index contributed by atoms with van der Waals surface area (Å²) in [5.74, 6) is 1.78. The molecule has 5 rings (SSSR count). The number of carbonyl (C=O) groups is 1. The molecule has 0 aliphatic rings. The number of nitrogens with zero attached hydrogens (tertiary/aromatic N) is 2. The topological polar surface area (TPSA) is 73.1 Å². The van der Waals surface area contributed by atoms with E-state index in [1.165, 1.54) is 17.4 Å². The number of pyridine rings is 1. The fourth-order valence-electron chi connectivity index (χ4n) is 4.43. The zero-order chi connectivity index (χ0) is 24.5. The number of methoxy groups -OCH3 is 2. The van der Waals surface area contributed by atoms with Crippen LogP contribution in [0.1, 0.15) is 40.6 Å². The highest BCUT2D eigenvalue weighted by Crippen LogP contribution is 2.37. The lowest BCUT2D eigenvalue weighted by Crippen LogP contribution is -2.05. The minimum atomic E-state index is -0.878. The van der Waals surface area contributed by atoms with Crippen LogP contribution in [0.5, 0.6) is 11.5 Å². The third kappa shape index (κ3) is 4.17. The Morgan fingerprint density at radius 1 is 1.09 bits per heavy atom. The number of Topliss-reactive ketones (excluding diaryl/α,β-unsaturated/α-hetero) is 1. The van der Waals surface area contributed by atoms with Gasteiger partial charge in [0, 0.05) is 39.2 Å². The Labute approximate surface area is 207 Å². The van der Waals surface area contributed by atoms with E-state index in [2.05, 4.69) is 30.5 Å². The van der Waals surface area contributed by atoms with Gasteiger partial charge in [0.2, 0.25) is 0 Å². The van der Waals surface area contributed by atoms with Gasteiger partial charge >= 0.3 is 0 Å². The number of hydrogen-bond donors (Lipinski definition) is 1. The average molecular weight is 487 g/mol. The number of hydrogen-bond acceptors (Lipinski definition) is 6. The number of fused-ring (bicyclic) bond motifs is 2. The van der Waals surface area contributed by atoms with Crippen molar-refractivity contribution in [2.24, 2.45) is 0 Å². The number of thiophene rings is 1. The van der Waals surface area contributed by atoms with Gasteiger partial charge in [-0.15, -0.1) is 11.3 Å². The van der Waals surface area contributed by atoms with Crippen LogP contribution in [0.4, 0.5) is 0 Å². The summed E-state index contributed by atoms with van der Waals surface area (Å²) >= 11 is 1.70. The predicted octanol–water partition coefficient (Wildman–Crippen LogP) is 6.24. The highest BCUT2D eigenvalue weighted by atomic mass is 32.1. The molecule has 0 spiro atoms. The van der Waals surface area contributed by atoms with Gasteiger partial charge in [0.1, 0.15) is 5.82 Å². The number of aromatic nitrogens is 2. The summed E-state index contributed by atoms with van der Waals surface area (Å²) in [6.45, 7) is 2.11. The van der Waals surface area contributed by atoms with Gasteiger partial charge in [0.25, 0.3) is 0 Å². The second-order valence-corrected chi connectivity index (χ2v) is 9.30. The minimum Gasteiger partial charge on any atom is -0.493 e. The second-order valence-electron chi connectivity index (χ2n) is 8.42. The summed E-state index contributed by atoms with van der Waals surface area (Å²) < 4.78 is 13.8. The van der Waals surface area contributed by atoms with E-state index in [4.69, 9.17) is 14.5 Å². The van der Waals surface area contributed by atoms with E-state index < -0.39 is 6.10 Å². The van der Waals surface area contributed by atoms with Crippen LogP contribution in [0.25, 0.3) is 27.0 Å². The summed E-state index contributed by atoms with van der Waals surface area (Å²) in [5.41, 5.74) is 4.20. The highest BCUT2D eigenvalue weighted by Gasteiger charge is 2.22. The molecule has 3 aromatic heterocycles.